The van der Waals surface area contributed by atoms with Gasteiger partial charge >= 0.3 is 0 Å². The van der Waals surface area contributed by atoms with E-state index in [1.807, 2.05) is 6.92 Å². The lowest BCUT2D eigenvalue weighted by atomic mass is 10.0. The normalized spacial score (nSPS) is 10.7. The molecule has 6 heteroatoms. The molecule has 0 amide bonds. The summed E-state index contributed by atoms with van der Waals surface area (Å²) in [5.41, 5.74) is 8.48. The van der Waals surface area contributed by atoms with Crippen molar-refractivity contribution in [3.05, 3.63) is 16.8 Å². The van der Waals surface area contributed by atoms with Gasteiger partial charge in [0.25, 0.3) is 0 Å². The van der Waals surface area contributed by atoms with Crippen LogP contribution in [0.3, 0.4) is 0 Å². The lowest BCUT2D eigenvalue weighted by molar-refractivity contribution is 0.200. The molecule has 0 aliphatic heterocycles. The predicted octanol–water partition coefficient (Wildman–Crippen LogP) is 2.01. The molecule has 0 atom stereocenters. The van der Waals surface area contributed by atoms with Crippen LogP contribution < -0.4 is 5.73 Å². The largest absolute Gasteiger partial charge is 0.385 e. The third-order valence-electron chi connectivity index (χ3n) is 2.81. The average molecular weight is 282 g/mol. The Morgan fingerprint density at radius 3 is 2.58 bits per heavy atom. The molecule has 1 aromatic rings. The summed E-state index contributed by atoms with van der Waals surface area (Å²) in [5, 5.41) is 17.0. The maximum absolute atomic E-state index is 7.78. The molecule has 3 N–H and O–H groups in total. The van der Waals surface area contributed by atoms with Crippen molar-refractivity contribution < 1.29 is 4.74 Å². The Kier molecular flexibility index (Phi) is 6.80. The molecule has 19 heavy (non-hydrogen) atoms. The average Bonchev–Trinajstić information content (AvgIpc) is 2.42. The van der Waals surface area contributed by atoms with Crippen LogP contribution in [-0.2, 0) is 17.6 Å². The molecule has 0 spiro atoms. The number of ether oxygens (including phenoxy) is 1. The maximum atomic E-state index is 7.78. The Morgan fingerprint density at radius 1 is 1.32 bits per heavy atom. The van der Waals surface area contributed by atoms with E-state index in [1.165, 1.54) is 0 Å². The van der Waals surface area contributed by atoms with Crippen LogP contribution >= 0.6 is 11.8 Å². The zero-order chi connectivity index (χ0) is 14.3. The molecule has 1 heterocycles. The van der Waals surface area contributed by atoms with Crippen molar-refractivity contribution in [3.63, 3.8) is 0 Å². The summed E-state index contributed by atoms with van der Waals surface area (Å²) >= 11 is 1.59. The third kappa shape index (κ3) is 4.18. The zero-order valence-electron chi connectivity index (χ0n) is 11.8. The van der Waals surface area contributed by atoms with Gasteiger partial charge in [-0.25, -0.2) is 0 Å². The molecule has 0 aromatic carbocycles. The van der Waals surface area contributed by atoms with Crippen molar-refractivity contribution >= 4 is 17.6 Å². The van der Waals surface area contributed by atoms with Crippen LogP contribution in [0.5, 0.6) is 0 Å². The lowest BCUT2D eigenvalue weighted by Gasteiger charge is -2.13. The highest BCUT2D eigenvalue weighted by Gasteiger charge is 2.16. The molecule has 1 rings (SSSR count). The van der Waals surface area contributed by atoms with E-state index in [2.05, 4.69) is 17.1 Å². The minimum Gasteiger partial charge on any atom is -0.385 e. The van der Waals surface area contributed by atoms with Crippen molar-refractivity contribution in [1.82, 2.24) is 10.2 Å². The van der Waals surface area contributed by atoms with Crippen LogP contribution in [-0.4, -0.2) is 35.5 Å². The summed E-state index contributed by atoms with van der Waals surface area (Å²) in [7, 11) is 1.69. The van der Waals surface area contributed by atoms with E-state index in [0.717, 1.165) is 53.5 Å². The van der Waals surface area contributed by atoms with E-state index in [-0.39, 0.29) is 5.84 Å². The monoisotopic (exact) mass is 282 g/mol. The van der Waals surface area contributed by atoms with Crippen LogP contribution in [0.2, 0.25) is 0 Å². The van der Waals surface area contributed by atoms with E-state index in [9.17, 15) is 0 Å². The second-order valence-corrected chi connectivity index (χ2v) is 5.20. The molecule has 0 bridgehead atoms. The van der Waals surface area contributed by atoms with Crippen LogP contribution in [0.25, 0.3) is 0 Å². The zero-order valence-corrected chi connectivity index (χ0v) is 12.6. The van der Waals surface area contributed by atoms with E-state index >= 15 is 0 Å². The van der Waals surface area contributed by atoms with E-state index in [1.54, 1.807) is 18.9 Å². The van der Waals surface area contributed by atoms with E-state index in [0.29, 0.717) is 0 Å². The molecule has 5 nitrogen and oxygen atoms in total. The summed E-state index contributed by atoms with van der Waals surface area (Å²) < 4.78 is 5.02. The van der Waals surface area contributed by atoms with Gasteiger partial charge in [0.05, 0.1) is 11.3 Å². The van der Waals surface area contributed by atoms with Gasteiger partial charge in [0.2, 0.25) is 0 Å². The van der Waals surface area contributed by atoms with Crippen LogP contribution in [0.4, 0.5) is 0 Å². The summed E-state index contributed by atoms with van der Waals surface area (Å²) in [6.07, 6.45) is 2.57. The van der Waals surface area contributed by atoms with Crippen LogP contribution in [0, 0.1) is 5.41 Å². The van der Waals surface area contributed by atoms with Gasteiger partial charge in [0.15, 0.2) is 0 Å². The number of thioether (sulfide) groups is 1. The summed E-state index contributed by atoms with van der Waals surface area (Å²) in [6.45, 7) is 4.82. The molecule has 0 fully saturated rings. The van der Waals surface area contributed by atoms with Gasteiger partial charge in [0, 0.05) is 19.5 Å². The number of methoxy groups -OCH3 is 1. The van der Waals surface area contributed by atoms with Crippen molar-refractivity contribution in [3.8, 4) is 0 Å². The fourth-order valence-electron chi connectivity index (χ4n) is 1.91. The number of nitrogens with two attached hydrogens (primary N) is 1. The quantitative estimate of drug-likeness (QED) is 0.330. The highest BCUT2D eigenvalue weighted by Crippen LogP contribution is 2.25. The lowest BCUT2D eigenvalue weighted by Crippen LogP contribution is -2.18. The number of nitrogens with one attached hydrogen (secondary N) is 1. The number of rotatable bonds is 8. The fourth-order valence-corrected chi connectivity index (χ4v) is 2.84. The smallest absolute Gasteiger partial charge is 0.130 e. The van der Waals surface area contributed by atoms with Gasteiger partial charge in [-0.05, 0) is 24.8 Å². The summed E-state index contributed by atoms with van der Waals surface area (Å²) in [6, 6.07) is 0. The van der Waals surface area contributed by atoms with Crippen molar-refractivity contribution in [1.29, 1.82) is 5.41 Å². The molecular weight excluding hydrogens is 260 g/mol. The second-order valence-electron chi connectivity index (χ2n) is 4.12. The number of nitrogens with zero attached hydrogens (tertiary/aromatic N) is 2. The molecule has 0 unspecified atom stereocenters. The summed E-state index contributed by atoms with van der Waals surface area (Å²) in [4.78, 5) is 0. The number of amidine groups is 1. The van der Waals surface area contributed by atoms with E-state index in [4.69, 9.17) is 15.9 Å². The predicted molar refractivity (Wildman–Crippen MR) is 79.0 cm³/mol. The van der Waals surface area contributed by atoms with Crippen LogP contribution in [0.15, 0.2) is 5.03 Å². The summed E-state index contributed by atoms with van der Waals surface area (Å²) in [5.74, 6) is 0.966. The highest BCUT2D eigenvalue weighted by molar-refractivity contribution is 7.99. The molecule has 0 aliphatic rings. The molecule has 1 aromatic heterocycles. The molecule has 106 valence electrons. The van der Waals surface area contributed by atoms with Gasteiger partial charge in [-0.15, -0.1) is 16.9 Å². The topological polar surface area (TPSA) is 84.9 Å². The number of nitrogen functional groups attached to an aromatic ring is 1. The first kappa shape index (κ1) is 15.9. The first-order valence-electron chi connectivity index (χ1n) is 6.50. The molecular formula is C13H22N4OS. The van der Waals surface area contributed by atoms with Gasteiger partial charge in [-0.2, -0.15) is 5.10 Å². The third-order valence-corrected chi connectivity index (χ3v) is 3.87. The fraction of sp³-hybridized carbons (Fsp3) is 0.615. The second kappa shape index (κ2) is 8.12. The van der Waals surface area contributed by atoms with Gasteiger partial charge in [-0.3, -0.25) is 5.41 Å². The Morgan fingerprint density at radius 2 is 2.05 bits per heavy atom. The first-order valence-corrected chi connectivity index (χ1v) is 7.48. The number of aromatic nitrogens is 2. The van der Waals surface area contributed by atoms with Gasteiger partial charge in [-0.1, -0.05) is 13.8 Å². The number of hydrogen-bond acceptors (Lipinski definition) is 5. The van der Waals surface area contributed by atoms with Crippen molar-refractivity contribution in [2.24, 2.45) is 5.73 Å². The SMILES string of the molecule is CCc1nnc(SCCCOC)c(C(=N)N)c1CC. The van der Waals surface area contributed by atoms with Crippen molar-refractivity contribution in [2.45, 2.75) is 38.1 Å². The van der Waals surface area contributed by atoms with Crippen LogP contribution in [0.1, 0.15) is 37.1 Å². The molecule has 0 radical (unpaired) electrons. The Bertz CT molecular complexity index is 437. The minimum absolute atomic E-state index is 0.0793. The highest BCUT2D eigenvalue weighted by atomic mass is 32.2. The Balaban J connectivity index is 3.00. The molecule has 0 saturated heterocycles. The standard InChI is InChI=1S/C13H22N4OS/c1-4-9-10(5-2)16-17-13(11(9)12(14)15)19-8-6-7-18-3/h4-8H2,1-3H3,(H3,14,15). The van der Waals surface area contributed by atoms with Gasteiger partial charge < -0.3 is 10.5 Å². The Labute approximate surface area is 118 Å². The first-order chi connectivity index (χ1) is 9.15. The molecule has 0 saturated carbocycles. The van der Waals surface area contributed by atoms with Crippen molar-refractivity contribution in [2.75, 3.05) is 19.5 Å². The maximum Gasteiger partial charge on any atom is 0.130 e. The number of hydrogen-bond donors (Lipinski definition) is 2. The minimum atomic E-state index is 0.0793. The molecule has 0 aliphatic carbocycles. The van der Waals surface area contributed by atoms with Gasteiger partial charge in [0.1, 0.15) is 10.9 Å². The van der Waals surface area contributed by atoms with E-state index < -0.39 is 0 Å². The number of aryl methyl sites for hydroxylation is 1. The Hall–Kier alpha value is -1.14.